The second-order valence-corrected chi connectivity index (χ2v) is 9.47. The van der Waals surface area contributed by atoms with Gasteiger partial charge in [-0.15, -0.1) is 0 Å². The molecule has 0 fully saturated rings. The minimum atomic E-state index is -5.00. The molecule has 0 radical (unpaired) electrons. The number of aliphatic hydroxyl groups is 1. The molecule has 0 saturated carbocycles. The molecule has 0 spiro atoms. The quantitative estimate of drug-likeness (QED) is 0.776. The van der Waals surface area contributed by atoms with Gasteiger partial charge in [0.1, 0.15) is 0 Å². The summed E-state index contributed by atoms with van der Waals surface area (Å²) < 4.78 is 56.9. The van der Waals surface area contributed by atoms with Crippen LogP contribution in [0.4, 0.5) is 13.2 Å². The normalized spacial score (nSPS) is 17.2. The molecule has 0 aliphatic rings. The summed E-state index contributed by atoms with van der Waals surface area (Å²) in [6, 6.07) is 11.6. The molecule has 0 heterocycles. The van der Waals surface area contributed by atoms with Gasteiger partial charge < -0.3 is 5.11 Å². The fourth-order valence-electron chi connectivity index (χ4n) is 2.71. The fourth-order valence-corrected chi connectivity index (χ4v) is 3.59. The minimum absolute atomic E-state index is 0.205. The van der Waals surface area contributed by atoms with Crippen LogP contribution in [-0.2, 0) is 16.6 Å². The number of hydrogen-bond acceptors (Lipinski definition) is 2. The molecular weight excluding hydrogens is 375 g/mol. The molecule has 0 bridgehead atoms. The Kier molecular flexibility index (Phi) is 6.19. The monoisotopic (exact) mass is 399 g/mol. The zero-order valence-corrected chi connectivity index (χ0v) is 16.5. The van der Waals surface area contributed by atoms with E-state index in [4.69, 9.17) is 0 Å². The maximum atomic E-state index is 14.2. The molecule has 0 aromatic heterocycles. The van der Waals surface area contributed by atoms with Gasteiger partial charge in [-0.2, -0.15) is 13.2 Å². The molecule has 3 nitrogen and oxygen atoms in total. The van der Waals surface area contributed by atoms with Crippen molar-refractivity contribution in [1.29, 1.82) is 0 Å². The highest BCUT2D eigenvalue weighted by Crippen LogP contribution is 2.48. The molecule has 2 rings (SSSR count). The first-order chi connectivity index (χ1) is 12.4. The van der Waals surface area contributed by atoms with Crippen molar-refractivity contribution in [3.8, 4) is 0 Å². The molecule has 0 aliphatic carbocycles. The molecule has 2 aromatic rings. The average molecular weight is 399 g/mol. The lowest BCUT2D eigenvalue weighted by Gasteiger charge is -2.39. The second kappa shape index (κ2) is 7.73. The summed E-state index contributed by atoms with van der Waals surface area (Å²) in [6.07, 6.45) is -5.00. The zero-order chi connectivity index (χ0) is 20.5. The number of alkyl halides is 3. The van der Waals surface area contributed by atoms with E-state index in [1.807, 2.05) is 0 Å². The first kappa shape index (κ1) is 21.6. The second-order valence-electron chi connectivity index (χ2n) is 7.48. The molecule has 27 heavy (non-hydrogen) atoms. The predicted octanol–water partition coefficient (Wildman–Crippen LogP) is 4.54. The summed E-state index contributed by atoms with van der Waals surface area (Å²) in [4.78, 5) is 0. The molecular formula is C20H24F3NO2S. The van der Waals surface area contributed by atoms with Crippen LogP contribution in [0.1, 0.15) is 43.5 Å². The molecule has 0 unspecified atom stereocenters. The number of hydrogen-bond donors (Lipinski definition) is 2. The fraction of sp³-hybridized carbons (Fsp3) is 0.400. The van der Waals surface area contributed by atoms with E-state index < -0.39 is 33.6 Å². The van der Waals surface area contributed by atoms with Gasteiger partial charge in [-0.25, -0.2) is 8.93 Å². The highest BCUT2D eigenvalue weighted by atomic mass is 32.2. The number of rotatable bonds is 5. The lowest BCUT2D eigenvalue weighted by molar-refractivity contribution is -0.277. The van der Waals surface area contributed by atoms with Gasteiger partial charge in [-0.05, 0) is 38.8 Å². The van der Waals surface area contributed by atoms with E-state index in [-0.39, 0.29) is 11.1 Å². The Labute approximate surface area is 160 Å². The average Bonchev–Trinajstić information content (AvgIpc) is 2.57. The molecule has 2 aromatic carbocycles. The van der Waals surface area contributed by atoms with Crippen LogP contribution in [0.5, 0.6) is 0 Å². The number of halogens is 3. The minimum Gasteiger partial charge on any atom is -0.375 e. The smallest absolute Gasteiger partial charge is 0.375 e. The van der Waals surface area contributed by atoms with E-state index in [1.165, 1.54) is 30.3 Å². The van der Waals surface area contributed by atoms with Crippen LogP contribution in [0.3, 0.4) is 0 Å². The van der Waals surface area contributed by atoms with Crippen molar-refractivity contribution in [2.45, 2.75) is 50.3 Å². The first-order valence-electron chi connectivity index (χ1n) is 8.46. The lowest BCUT2D eigenvalue weighted by atomic mass is 9.82. The summed E-state index contributed by atoms with van der Waals surface area (Å²) in [5.41, 5.74) is -2.64. The van der Waals surface area contributed by atoms with Crippen molar-refractivity contribution in [3.63, 3.8) is 0 Å². The Bertz CT molecular complexity index is 803. The lowest BCUT2D eigenvalue weighted by Crippen LogP contribution is -2.53. The van der Waals surface area contributed by atoms with Crippen LogP contribution in [0.15, 0.2) is 54.6 Å². The van der Waals surface area contributed by atoms with Crippen LogP contribution >= 0.6 is 0 Å². The molecule has 0 aliphatic heterocycles. The van der Waals surface area contributed by atoms with E-state index in [0.717, 1.165) is 5.56 Å². The zero-order valence-electron chi connectivity index (χ0n) is 15.7. The van der Waals surface area contributed by atoms with Crippen LogP contribution in [0.2, 0.25) is 0 Å². The summed E-state index contributed by atoms with van der Waals surface area (Å²) >= 11 is 0. The summed E-state index contributed by atoms with van der Waals surface area (Å²) in [6.45, 7) is 6.70. The van der Waals surface area contributed by atoms with Crippen molar-refractivity contribution in [2.75, 3.05) is 0 Å². The van der Waals surface area contributed by atoms with Gasteiger partial charge >= 0.3 is 6.18 Å². The van der Waals surface area contributed by atoms with Gasteiger partial charge in [-0.1, -0.05) is 60.2 Å². The van der Waals surface area contributed by atoms with Crippen LogP contribution in [-0.4, -0.2) is 20.2 Å². The number of aryl methyl sites for hydroxylation is 1. The maximum Gasteiger partial charge on any atom is 0.423 e. The van der Waals surface area contributed by atoms with Crippen molar-refractivity contribution in [3.05, 3.63) is 71.3 Å². The van der Waals surface area contributed by atoms with Crippen LogP contribution in [0.25, 0.3) is 0 Å². The summed E-state index contributed by atoms with van der Waals surface area (Å²) in [5, 5.41) is 11.0. The van der Waals surface area contributed by atoms with E-state index in [9.17, 15) is 22.5 Å². The standard InChI is InChI=1S/C20H24F3NO2S/c1-14-9-8-10-15(13-14)17(24-27(26)18(2,3)4)19(25,20(21,22)23)16-11-6-5-7-12-16/h5-13,17,24-25H,1-4H3/t17-,19+,27+/m0/s1. The Balaban J connectivity index is 2.70. The van der Waals surface area contributed by atoms with Gasteiger partial charge in [0.25, 0.3) is 0 Å². The van der Waals surface area contributed by atoms with E-state index >= 15 is 0 Å². The van der Waals surface area contributed by atoms with Crippen molar-refractivity contribution in [2.24, 2.45) is 0 Å². The molecule has 0 saturated heterocycles. The number of nitrogens with one attached hydrogen (secondary N) is 1. The largest absolute Gasteiger partial charge is 0.423 e. The van der Waals surface area contributed by atoms with Gasteiger partial charge in [0.2, 0.25) is 5.60 Å². The van der Waals surface area contributed by atoms with Gasteiger partial charge in [0, 0.05) is 0 Å². The third kappa shape index (κ3) is 4.59. The predicted molar refractivity (Wildman–Crippen MR) is 101 cm³/mol. The topological polar surface area (TPSA) is 49.3 Å². The Hall–Kier alpha value is -1.70. The van der Waals surface area contributed by atoms with E-state index in [2.05, 4.69) is 4.72 Å². The molecule has 0 amide bonds. The van der Waals surface area contributed by atoms with E-state index in [0.29, 0.717) is 0 Å². The first-order valence-corrected chi connectivity index (χ1v) is 9.61. The Morgan fingerprint density at radius 2 is 1.59 bits per heavy atom. The molecule has 7 heteroatoms. The highest BCUT2D eigenvalue weighted by molar-refractivity contribution is 7.84. The summed E-state index contributed by atoms with van der Waals surface area (Å²) in [5.74, 6) is 0. The molecule has 2 N–H and O–H groups in total. The maximum absolute atomic E-state index is 14.2. The van der Waals surface area contributed by atoms with Gasteiger partial charge in [-0.3, -0.25) is 0 Å². The number of benzene rings is 2. The summed E-state index contributed by atoms with van der Waals surface area (Å²) in [7, 11) is -1.84. The third-order valence-corrected chi connectivity index (χ3v) is 5.78. The van der Waals surface area contributed by atoms with Crippen molar-refractivity contribution in [1.82, 2.24) is 4.72 Å². The van der Waals surface area contributed by atoms with Gasteiger partial charge in [0.05, 0.1) is 21.8 Å². The van der Waals surface area contributed by atoms with Crippen LogP contribution in [0, 0.1) is 6.92 Å². The Morgan fingerprint density at radius 1 is 1.00 bits per heavy atom. The Morgan fingerprint density at radius 3 is 2.07 bits per heavy atom. The van der Waals surface area contributed by atoms with Crippen LogP contribution < -0.4 is 4.72 Å². The van der Waals surface area contributed by atoms with Crippen molar-refractivity contribution >= 4 is 11.0 Å². The van der Waals surface area contributed by atoms with E-state index in [1.54, 1.807) is 52.0 Å². The van der Waals surface area contributed by atoms with Gasteiger partial charge in [0.15, 0.2) is 0 Å². The molecule has 3 atom stereocenters. The SMILES string of the molecule is Cc1cccc([C@H](N[S@](=O)C(C)(C)C)[C@](O)(c2ccccc2)C(F)(F)F)c1. The highest BCUT2D eigenvalue weighted by Gasteiger charge is 2.60. The molecule has 148 valence electrons. The third-order valence-electron chi connectivity index (χ3n) is 4.22. The van der Waals surface area contributed by atoms with Crippen molar-refractivity contribution < 1.29 is 22.5 Å².